The molecule has 10 rings (SSSR count). The third-order valence-corrected chi connectivity index (χ3v) is 10.2. The third kappa shape index (κ3) is 4.24. The standard InChI is InChI=1S/C48H30/c1-2-18-41-40(9-1)30-46(44-20-4-3-19-43(41)44)39-17-8-15-37(29-39)35-13-6-12-34(27-35)36-14-7-16-38(28-36)42-25-23-33-22-21-31-10-5-11-32-24-26-45(42)48(33)47(31)32/h1-30H. The smallest absolute Gasteiger partial charge is 0.00206 e. The molecule has 0 amide bonds. The van der Waals surface area contributed by atoms with Gasteiger partial charge in [0.05, 0.1) is 0 Å². The molecule has 0 aliphatic heterocycles. The normalized spacial score (nSPS) is 11.8. The van der Waals surface area contributed by atoms with Gasteiger partial charge in [-0.15, -0.1) is 0 Å². The van der Waals surface area contributed by atoms with E-state index in [9.17, 15) is 0 Å². The highest BCUT2D eigenvalue weighted by Gasteiger charge is 2.13. The first kappa shape index (κ1) is 26.9. The van der Waals surface area contributed by atoms with Crippen molar-refractivity contribution in [3.8, 4) is 44.5 Å². The molecule has 0 aliphatic carbocycles. The van der Waals surface area contributed by atoms with Crippen molar-refractivity contribution in [3.05, 3.63) is 182 Å². The predicted molar refractivity (Wildman–Crippen MR) is 207 cm³/mol. The van der Waals surface area contributed by atoms with Gasteiger partial charge in [0, 0.05) is 0 Å². The zero-order chi connectivity index (χ0) is 31.6. The van der Waals surface area contributed by atoms with Crippen molar-refractivity contribution in [3.63, 3.8) is 0 Å². The van der Waals surface area contributed by atoms with Crippen LogP contribution in [0, 0.1) is 0 Å². The van der Waals surface area contributed by atoms with Crippen molar-refractivity contribution in [2.24, 2.45) is 0 Å². The lowest BCUT2D eigenvalue weighted by atomic mass is 9.89. The molecule has 0 aromatic heterocycles. The Morgan fingerprint density at radius 3 is 1.35 bits per heavy atom. The zero-order valence-corrected chi connectivity index (χ0v) is 26.3. The highest BCUT2D eigenvalue weighted by molar-refractivity contribution is 6.25. The summed E-state index contributed by atoms with van der Waals surface area (Å²) in [6.45, 7) is 0. The molecule has 0 saturated heterocycles. The summed E-state index contributed by atoms with van der Waals surface area (Å²) in [4.78, 5) is 0. The molecule has 0 aliphatic rings. The second-order valence-corrected chi connectivity index (χ2v) is 12.9. The first-order valence-corrected chi connectivity index (χ1v) is 16.7. The van der Waals surface area contributed by atoms with Gasteiger partial charge in [0.25, 0.3) is 0 Å². The van der Waals surface area contributed by atoms with Gasteiger partial charge in [0.15, 0.2) is 0 Å². The number of benzene rings is 10. The zero-order valence-electron chi connectivity index (χ0n) is 26.3. The van der Waals surface area contributed by atoms with Crippen LogP contribution in [0.15, 0.2) is 182 Å². The second-order valence-electron chi connectivity index (χ2n) is 12.9. The molecular weight excluding hydrogens is 577 g/mol. The largest absolute Gasteiger partial charge is 0.0616 e. The van der Waals surface area contributed by atoms with E-state index in [1.54, 1.807) is 0 Å². The van der Waals surface area contributed by atoms with Gasteiger partial charge in [0.2, 0.25) is 0 Å². The quantitative estimate of drug-likeness (QED) is 0.175. The van der Waals surface area contributed by atoms with Crippen LogP contribution in [0.4, 0.5) is 0 Å². The molecule has 10 aromatic rings. The Morgan fingerprint density at radius 2 is 0.667 bits per heavy atom. The van der Waals surface area contributed by atoms with E-state index < -0.39 is 0 Å². The minimum absolute atomic E-state index is 1.22. The maximum atomic E-state index is 2.35. The van der Waals surface area contributed by atoms with Crippen LogP contribution in [0.5, 0.6) is 0 Å². The summed E-state index contributed by atoms with van der Waals surface area (Å²) in [6.07, 6.45) is 0. The Labute approximate surface area is 279 Å². The van der Waals surface area contributed by atoms with Crippen molar-refractivity contribution >= 4 is 53.9 Å². The lowest BCUT2D eigenvalue weighted by Gasteiger charge is -2.15. The predicted octanol–water partition coefficient (Wildman–Crippen LogP) is 13.6. The van der Waals surface area contributed by atoms with E-state index in [0.29, 0.717) is 0 Å². The van der Waals surface area contributed by atoms with Gasteiger partial charge in [-0.1, -0.05) is 158 Å². The van der Waals surface area contributed by atoms with E-state index in [2.05, 4.69) is 182 Å². The fourth-order valence-electron chi connectivity index (χ4n) is 7.89. The minimum Gasteiger partial charge on any atom is -0.0616 e. The van der Waals surface area contributed by atoms with Gasteiger partial charge in [-0.05, 0) is 123 Å². The van der Waals surface area contributed by atoms with E-state index in [1.807, 2.05) is 0 Å². The van der Waals surface area contributed by atoms with Crippen LogP contribution in [0.25, 0.3) is 98.4 Å². The van der Waals surface area contributed by atoms with Crippen molar-refractivity contribution in [2.75, 3.05) is 0 Å². The Hall–Kier alpha value is -6.24. The summed E-state index contributed by atoms with van der Waals surface area (Å²) in [5.41, 5.74) is 9.88. The summed E-state index contributed by atoms with van der Waals surface area (Å²) in [7, 11) is 0. The molecule has 0 radical (unpaired) electrons. The van der Waals surface area contributed by atoms with Crippen molar-refractivity contribution in [1.29, 1.82) is 0 Å². The Balaban J connectivity index is 1.06. The van der Waals surface area contributed by atoms with Crippen LogP contribution in [0.2, 0.25) is 0 Å². The first-order valence-electron chi connectivity index (χ1n) is 16.7. The van der Waals surface area contributed by atoms with Crippen LogP contribution in [0.3, 0.4) is 0 Å². The van der Waals surface area contributed by atoms with Crippen LogP contribution in [-0.4, -0.2) is 0 Å². The summed E-state index contributed by atoms with van der Waals surface area (Å²) in [5.74, 6) is 0. The topological polar surface area (TPSA) is 0 Å². The SMILES string of the molecule is c1cc(-c2cccc(-c3cc4ccccc4c4ccccc34)c2)cc(-c2cccc(-c3ccc4ccc5cccc6ccc3c4c56)c2)c1. The molecule has 10 aromatic carbocycles. The van der Waals surface area contributed by atoms with Gasteiger partial charge >= 0.3 is 0 Å². The van der Waals surface area contributed by atoms with Gasteiger partial charge in [0.1, 0.15) is 0 Å². The molecule has 0 unspecified atom stereocenters. The number of fused-ring (bicyclic) bond motifs is 3. The maximum Gasteiger partial charge on any atom is -0.00206 e. The Morgan fingerprint density at radius 1 is 0.208 bits per heavy atom. The summed E-state index contributed by atoms with van der Waals surface area (Å²) >= 11 is 0. The van der Waals surface area contributed by atoms with Crippen LogP contribution < -0.4 is 0 Å². The van der Waals surface area contributed by atoms with Gasteiger partial charge in [-0.25, -0.2) is 0 Å². The molecule has 0 nitrogen and oxygen atoms in total. The third-order valence-electron chi connectivity index (χ3n) is 10.2. The molecule has 222 valence electrons. The van der Waals surface area contributed by atoms with Gasteiger partial charge < -0.3 is 0 Å². The maximum absolute atomic E-state index is 2.35. The lowest BCUT2D eigenvalue weighted by Crippen LogP contribution is -1.88. The fourth-order valence-corrected chi connectivity index (χ4v) is 7.89. The molecular formula is C48H30. The van der Waals surface area contributed by atoms with Gasteiger partial charge in [-0.3, -0.25) is 0 Å². The van der Waals surface area contributed by atoms with Crippen LogP contribution in [0.1, 0.15) is 0 Å². The van der Waals surface area contributed by atoms with Crippen LogP contribution >= 0.6 is 0 Å². The summed E-state index contributed by atoms with van der Waals surface area (Å²) in [6, 6.07) is 67.1. The second kappa shape index (κ2) is 10.7. The van der Waals surface area contributed by atoms with E-state index >= 15 is 0 Å². The van der Waals surface area contributed by atoms with E-state index in [4.69, 9.17) is 0 Å². The molecule has 0 atom stereocenters. The molecule has 0 heterocycles. The Kier molecular flexibility index (Phi) is 5.98. The minimum atomic E-state index is 1.22. The van der Waals surface area contributed by atoms with E-state index in [0.717, 1.165) is 0 Å². The molecule has 0 spiro atoms. The molecule has 48 heavy (non-hydrogen) atoms. The average Bonchev–Trinajstić information content (AvgIpc) is 3.17. The van der Waals surface area contributed by atoms with Crippen molar-refractivity contribution in [1.82, 2.24) is 0 Å². The molecule has 0 heteroatoms. The molecule has 0 saturated carbocycles. The fraction of sp³-hybridized carbons (Fsp3) is 0. The molecule has 0 fully saturated rings. The molecule has 0 N–H and O–H groups in total. The number of hydrogen-bond acceptors (Lipinski definition) is 0. The van der Waals surface area contributed by atoms with E-state index in [1.165, 1.54) is 98.4 Å². The monoisotopic (exact) mass is 606 g/mol. The van der Waals surface area contributed by atoms with Crippen molar-refractivity contribution in [2.45, 2.75) is 0 Å². The average molecular weight is 607 g/mol. The van der Waals surface area contributed by atoms with Gasteiger partial charge in [-0.2, -0.15) is 0 Å². The summed E-state index contributed by atoms with van der Waals surface area (Å²) < 4.78 is 0. The molecule has 0 bridgehead atoms. The first-order chi connectivity index (χ1) is 23.8. The number of rotatable bonds is 4. The summed E-state index contributed by atoms with van der Waals surface area (Å²) in [5, 5.41) is 13.0. The lowest BCUT2D eigenvalue weighted by molar-refractivity contribution is 1.58. The van der Waals surface area contributed by atoms with Crippen molar-refractivity contribution < 1.29 is 0 Å². The van der Waals surface area contributed by atoms with Crippen LogP contribution in [-0.2, 0) is 0 Å². The van der Waals surface area contributed by atoms with E-state index in [-0.39, 0.29) is 0 Å². The highest BCUT2D eigenvalue weighted by Crippen LogP contribution is 2.41. The number of hydrogen-bond donors (Lipinski definition) is 0. The highest BCUT2D eigenvalue weighted by atomic mass is 14.2. The Bertz CT molecular complexity index is 2820.